The first-order valence-corrected chi connectivity index (χ1v) is 10.00. The number of hydrogen-bond acceptors (Lipinski definition) is 3. The highest BCUT2D eigenvalue weighted by atomic mass is 15.2. The van der Waals surface area contributed by atoms with E-state index in [1.165, 1.54) is 43.5 Å². The number of nitrogens with one attached hydrogen (secondary N) is 2. The molecule has 0 aromatic heterocycles. The lowest BCUT2D eigenvalue weighted by Gasteiger charge is -2.33. The summed E-state index contributed by atoms with van der Waals surface area (Å²) < 4.78 is 0. The number of rotatable bonds is 8. The van der Waals surface area contributed by atoms with E-state index in [2.05, 4.69) is 70.7 Å². The SMILES string of the molecule is CN=C(NCCCN1CCCCC1C)NCc1ccccc1CN(C)C. The average molecular weight is 360 g/mol. The Hall–Kier alpha value is -1.59. The van der Waals surface area contributed by atoms with Crippen LogP contribution in [0, 0.1) is 0 Å². The molecular weight excluding hydrogens is 322 g/mol. The molecule has 0 spiro atoms. The van der Waals surface area contributed by atoms with Gasteiger partial charge < -0.3 is 20.4 Å². The van der Waals surface area contributed by atoms with Gasteiger partial charge in [-0.15, -0.1) is 0 Å². The predicted octanol–water partition coefficient (Wildman–Crippen LogP) is 2.68. The van der Waals surface area contributed by atoms with E-state index in [1.807, 2.05) is 7.05 Å². The lowest BCUT2D eigenvalue weighted by molar-refractivity contribution is 0.159. The van der Waals surface area contributed by atoms with Gasteiger partial charge in [0.1, 0.15) is 0 Å². The number of benzene rings is 1. The van der Waals surface area contributed by atoms with Crippen molar-refractivity contribution in [3.63, 3.8) is 0 Å². The van der Waals surface area contributed by atoms with Crippen molar-refractivity contribution in [2.45, 2.75) is 51.7 Å². The molecule has 5 nitrogen and oxygen atoms in total. The maximum Gasteiger partial charge on any atom is 0.191 e. The van der Waals surface area contributed by atoms with Crippen molar-refractivity contribution in [1.82, 2.24) is 20.4 Å². The van der Waals surface area contributed by atoms with Crippen LogP contribution in [0.2, 0.25) is 0 Å². The van der Waals surface area contributed by atoms with Crippen molar-refractivity contribution < 1.29 is 0 Å². The molecule has 0 saturated carbocycles. The molecule has 1 saturated heterocycles. The van der Waals surface area contributed by atoms with Crippen LogP contribution in [0.4, 0.5) is 0 Å². The van der Waals surface area contributed by atoms with Crippen LogP contribution >= 0.6 is 0 Å². The highest BCUT2D eigenvalue weighted by Crippen LogP contribution is 2.16. The van der Waals surface area contributed by atoms with Gasteiger partial charge in [-0.1, -0.05) is 30.7 Å². The zero-order valence-electron chi connectivity index (χ0n) is 17.1. The molecule has 1 atom stereocenters. The maximum absolute atomic E-state index is 4.36. The number of nitrogens with zero attached hydrogens (tertiary/aromatic N) is 3. The Balaban J connectivity index is 1.73. The van der Waals surface area contributed by atoms with Crippen molar-refractivity contribution in [2.75, 3.05) is 40.8 Å². The minimum Gasteiger partial charge on any atom is -0.356 e. The van der Waals surface area contributed by atoms with Crippen LogP contribution in [0.1, 0.15) is 43.7 Å². The Kier molecular flexibility index (Phi) is 8.92. The first-order chi connectivity index (χ1) is 12.6. The van der Waals surface area contributed by atoms with E-state index in [0.29, 0.717) is 0 Å². The Morgan fingerprint density at radius 1 is 1.19 bits per heavy atom. The molecule has 0 aliphatic carbocycles. The van der Waals surface area contributed by atoms with Gasteiger partial charge in [-0.25, -0.2) is 0 Å². The van der Waals surface area contributed by atoms with Gasteiger partial charge in [-0.3, -0.25) is 4.99 Å². The summed E-state index contributed by atoms with van der Waals surface area (Å²) in [6, 6.07) is 9.35. The summed E-state index contributed by atoms with van der Waals surface area (Å²) in [5.41, 5.74) is 2.69. The van der Waals surface area contributed by atoms with Gasteiger partial charge in [-0.05, 0) is 58.0 Å². The summed E-state index contributed by atoms with van der Waals surface area (Å²) >= 11 is 0. The van der Waals surface area contributed by atoms with Crippen molar-refractivity contribution >= 4 is 5.96 Å². The molecule has 1 fully saturated rings. The summed E-state index contributed by atoms with van der Waals surface area (Å²) in [4.78, 5) is 9.19. The summed E-state index contributed by atoms with van der Waals surface area (Å²) in [5.74, 6) is 0.886. The molecule has 1 heterocycles. The number of aliphatic imine (C=N–C) groups is 1. The standard InChI is InChI=1S/C21H37N5/c1-18-10-7-8-14-26(18)15-9-13-23-21(22-2)24-16-19-11-5-6-12-20(19)17-25(3)4/h5-6,11-12,18H,7-10,13-17H2,1-4H3,(H2,22,23,24). The second-order valence-corrected chi connectivity index (χ2v) is 7.59. The lowest BCUT2D eigenvalue weighted by Crippen LogP contribution is -2.41. The number of guanidine groups is 1. The van der Waals surface area contributed by atoms with E-state index < -0.39 is 0 Å². The van der Waals surface area contributed by atoms with Gasteiger partial charge in [0.2, 0.25) is 0 Å². The summed E-state index contributed by atoms with van der Waals surface area (Å²) in [6.07, 6.45) is 5.25. The molecule has 0 amide bonds. The highest BCUT2D eigenvalue weighted by Gasteiger charge is 2.17. The Morgan fingerprint density at radius 2 is 1.96 bits per heavy atom. The fourth-order valence-electron chi connectivity index (χ4n) is 3.60. The zero-order valence-corrected chi connectivity index (χ0v) is 17.1. The zero-order chi connectivity index (χ0) is 18.8. The Bertz CT molecular complexity index is 555. The summed E-state index contributed by atoms with van der Waals surface area (Å²) in [7, 11) is 6.05. The minimum atomic E-state index is 0.745. The number of piperidine rings is 1. The summed E-state index contributed by atoms with van der Waals surface area (Å²) in [6.45, 7) is 7.51. The monoisotopic (exact) mass is 359 g/mol. The minimum absolute atomic E-state index is 0.745. The first-order valence-electron chi connectivity index (χ1n) is 10.00. The topological polar surface area (TPSA) is 42.9 Å². The Labute approximate surface area is 159 Å². The third-order valence-corrected chi connectivity index (χ3v) is 5.13. The second-order valence-electron chi connectivity index (χ2n) is 7.59. The highest BCUT2D eigenvalue weighted by molar-refractivity contribution is 5.79. The van der Waals surface area contributed by atoms with Crippen LogP contribution in [-0.4, -0.2) is 62.6 Å². The van der Waals surface area contributed by atoms with E-state index in [4.69, 9.17) is 0 Å². The van der Waals surface area contributed by atoms with E-state index in [0.717, 1.165) is 38.1 Å². The third-order valence-electron chi connectivity index (χ3n) is 5.13. The van der Waals surface area contributed by atoms with Crippen molar-refractivity contribution in [3.05, 3.63) is 35.4 Å². The van der Waals surface area contributed by atoms with Gasteiger partial charge >= 0.3 is 0 Å². The summed E-state index contributed by atoms with van der Waals surface area (Å²) in [5, 5.41) is 6.91. The van der Waals surface area contributed by atoms with Crippen LogP contribution in [0.15, 0.2) is 29.3 Å². The quantitative estimate of drug-likeness (QED) is 0.425. The number of hydrogen-bond donors (Lipinski definition) is 2. The van der Waals surface area contributed by atoms with Crippen LogP contribution < -0.4 is 10.6 Å². The maximum atomic E-state index is 4.36. The second kappa shape index (κ2) is 11.2. The van der Waals surface area contributed by atoms with Crippen LogP contribution in [0.3, 0.4) is 0 Å². The van der Waals surface area contributed by atoms with E-state index in [-0.39, 0.29) is 0 Å². The molecule has 1 aliphatic heterocycles. The van der Waals surface area contributed by atoms with Crippen molar-refractivity contribution in [2.24, 2.45) is 4.99 Å². The molecule has 1 unspecified atom stereocenters. The van der Waals surface area contributed by atoms with Gasteiger partial charge in [0.05, 0.1) is 0 Å². The van der Waals surface area contributed by atoms with Crippen LogP contribution in [0.25, 0.3) is 0 Å². The van der Waals surface area contributed by atoms with E-state index in [9.17, 15) is 0 Å². The van der Waals surface area contributed by atoms with Gasteiger partial charge in [0, 0.05) is 39.3 Å². The molecule has 1 aromatic rings. The molecule has 0 radical (unpaired) electrons. The third kappa shape index (κ3) is 6.96. The molecule has 146 valence electrons. The molecule has 2 rings (SSSR count). The first kappa shape index (κ1) is 20.7. The van der Waals surface area contributed by atoms with Crippen LogP contribution in [-0.2, 0) is 13.1 Å². The largest absolute Gasteiger partial charge is 0.356 e. The lowest BCUT2D eigenvalue weighted by atomic mass is 10.0. The van der Waals surface area contributed by atoms with Crippen molar-refractivity contribution in [1.29, 1.82) is 0 Å². The molecular formula is C21H37N5. The van der Waals surface area contributed by atoms with Gasteiger partial charge in [0.15, 0.2) is 5.96 Å². The average Bonchev–Trinajstić information content (AvgIpc) is 2.63. The van der Waals surface area contributed by atoms with Crippen molar-refractivity contribution in [3.8, 4) is 0 Å². The molecule has 1 aromatic carbocycles. The predicted molar refractivity (Wildman–Crippen MR) is 112 cm³/mol. The molecule has 2 N–H and O–H groups in total. The molecule has 1 aliphatic rings. The molecule has 26 heavy (non-hydrogen) atoms. The number of likely N-dealkylation sites (tertiary alicyclic amines) is 1. The van der Waals surface area contributed by atoms with E-state index >= 15 is 0 Å². The fourth-order valence-corrected chi connectivity index (χ4v) is 3.60. The normalized spacial score (nSPS) is 19.0. The van der Waals surface area contributed by atoms with E-state index in [1.54, 1.807) is 0 Å². The van der Waals surface area contributed by atoms with Crippen LogP contribution in [0.5, 0.6) is 0 Å². The Morgan fingerprint density at radius 3 is 2.65 bits per heavy atom. The van der Waals surface area contributed by atoms with Gasteiger partial charge in [0.25, 0.3) is 0 Å². The fraction of sp³-hybridized carbons (Fsp3) is 0.667. The molecule has 5 heteroatoms. The van der Waals surface area contributed by atoms with Gasteiger partial charge in [-0.2, -0.15) is 0 Å². The molecule has 0 bridgehead atoms. The smallest absolute Gasteiger partial charge is 0.191 e.